The van der Waals surface area contributed by atoms with Gasteiger partial charge in [-0.1, -0.05) is 0 Å². The number of halogens is 2. The first-order valence-electron chi connectivity index (χ1n) is 5.91. The van der Waals surface area contributed by atoms with Gasteiger partial charge in [0.1, 0.15) is 6.61 Å². The number of aryl methyl sites for hydroxylation is 2. The second-order valence-corrected chi connectivity index (χ2v) is 4.18. The molecule has 0 aliphatic heterocycles. The van der Waals surface area contributed by atoms with Gasteiger partial charge in [-0.3, -0.25) is 16.0 Å². The van der Waals surface area contributed by atoms with Gasteiger partial charge in [-0.15, -0.1) is 0 Å². The van der Waals surface area contributed by atoms with Crippen molar-refractivity contribution >= 4 is 0 Å². The molecule has 0 aromatic carbocycles. The van der Waals surface area contributed by atoms with E-state index < -0.39 is 13.0 Å². The molecule has 1 aromatic rings. The normalized spacial score (nSPS) is 13.2. The van der Waals surface area contributed by atoms with E-state index in [1.54, 1.807) is 10.9 Å². The molecule has 0 saturated heterocycles. The molecule has 104 valence electrons. The molecule has 1 heterocycles. The molecule has 0 radical (unpaired) electrons. The van der Waals surface area contributed by atoms with Gasteiger partial charge in [-0.2, -0.15) is 5.10 Å². The van der Waals surface area contributed by atoms with Crippen molar-refractivity contribution < 1.29 is 13.5 Å². The van der Waals surface area contributed by atoms with Crippen LogP contribution >= 0.6 is 0 Å². The quantitative estimate of drug-likeness (QED) is 0.393. The predicted molar refractivity (Wildman–Crippen MR) is 64.1 cm³/mol. The van der Waals surface area contributed by atoms with Crippen LogP contribution in [0, 0.1) is 0 Å². The fourth-order valence-corrected chi connectivity index (χ4v) is 1.65. The van der Waals surface area contributed by atoms with E-state index in [1.165, 1.54) is 0 Å². The maximum Gasteiger partial charge on any atom is 0.261 e. The zero-order valence-electron chi connectivity index (χ0n) is 10.5. The summed E-state index contributed by atoms with van der Waals surface area (Å²) in [6.45, 7) is -0.230. The van der Waals surface area contributed by atoms with Crippen molar-refractivity contribution in [3.63, 3.8) is 0 Å². The van der Waals surface area contributed by atoms with Gasteiger partial charge in [0.05, 0.1) is 6.20 Å². The van der Waals surface area contributed by atoms with Crippen LogP contribution in [0.15, 0.2) is 12.4 Å². The van der Waals surface area contributed by atoms with Crippen LogP contribution in [0.25, 0.3) is 0 Å². The number of aromatic nitrogens is 2. The Morgan fingerprint density at radius 3 is 2.83 bits per heavy atom. The maximum absolute atomic E-state index is 11.8. The topological polar surface area (TPSA) is 65.1 Å². The van der Waals surface area contributed by atoms with Gasteiger partial charge in [-0.25, -0.2) is 8.78 Å². The first kappa shape index (κ1) is 15.0. The van der Waals surface area contributed by atoms with E-state index in [-0.39, 0.29) is 12.6 Å². The molecule has 0 saturated carbocycles. The lowest BCUT2D eigenvalue weighted by atomic mass is 10.1. The van der Waals surface area contributed by atoms with Gasteiger partial charge in [0.15, 0.2) is 0 Å². The molecule has 3 N–H and O–H groups in total. The smallest absolute Gasteiger partial charge is 0.261 e. The summed E-state index contributed by atoms with van der Waals surface area (Å²) in [5, 5.41) is 4.07. The molecule has 1 aromatic heterocycles. The second kappa shape index (κ2) is 8.12. The Labute approximate surface area is 105 Å². The van der Waals surface area contributed by atoms with Crippen LogP contribution in [0.2, 0.25) is 0 Å². The average Bonchev–Trinajstić information content (AvgIpc) is 2.74. The van der Waals surface area contributed by atoms with E-state index in [4.69, 9.17) is 10.6 Å². The number of nitrogens with one attached hydrogen (secondary N) is 1. The molecule has 5 nitrogen and oxygen atoms in total. The summed E-state index contributed by atoms with van der Waals surface area (Å²) in [6, 6.07) is 0.0582. The fraction of sp³-hybridized carbons (Fsp3) is 0.727. The maximum atomic E-state index is 11.8. The lowest BCUT2D eigenvalue weighted by Crippen LogP contribution is -2.36. The minimum atomic E-state index is -2.41. The molecule has 7 heteroatoms. The minimum Gasteiger partial charge on any atom is -0.375 e. The van der Waals surface area contributed by atoms with E-state index in [2.05, 4.69) is 10.5 Å². The summed E-state index contributed by atoms with van der Waals surface area (Å²) >= 11 is 0. The molecule has 0 amide bonds. The highest BCUT2D eigenvalue weighted by Gasteiger charge is 2.09. The minimum absolute atomic E-state index is 0.0582. The van der Waals surface area contributed by atoms with E-state index >= 15 is 0 Å². The first-order chi connectivity index (χ1) is 8.61. The van der Waals surface area contributed by atoms with Gasteiger partial charge in [0.25, 0.3) is 6.43 Å². The SMILES string of the molecule is Cn1cc(CCC(CCOCC(F)F)NN)cn1. The number of ether oxygens (including phenoxy) is 1. The third-order valence-corrected chi connectivity index (χ3v) is 2.63. The number of hydrogen-bond acceptors (Lipinski definition) is 4. The Bertz CT molecular complexity index is 333. The Balaban J connectivity index is 2.17. The molecule has 1 atom stereocenters. The van der Waals surface area contributed by atoms with Gasteiger partial charge in [0.2, 0.25) is 0 Å². The van der Waals surface area contributed by atoms with Crippen molar-refractivity contribution in [3.05, 3.63) is 18.0 Å². The predicted octanol–water partition coefficient (Wildman–Crippen LogP) is 0.856. The summed E-state index contributed by atoms with van der Waals surface area (Å²) < 4.78 is 30.2. The molecule has 1 unspecified atom stereocenters. The van der Waals surface area contributed by atoms with Crippen LogP contribution < -0.4 is 11.3 Å². The highest BCUT2D eigenvalue weighted by molar-refractivity contribution is 5.03. The Hall–Kier alpha value is -1.05. The van der Waals surface area contributed by atoms with E-state index in [0.717, 1.165) is 18.4 Å². The van der Waals surface area contributed by atoms with Crippen LogP contribution in [0.3, 0.4) is 0 Å². The lowest BCUT2D eigenvalue weighted by molar-refractivity contribution is 0.0142. The zero-order chi connectivity index (χ0) is 13.4. The summed E-state index contributed by atoms with van der Waals surface area (Å²) in [4.78, 5) is 0. The molecular weight excluding hydrogens is 242 g/mol. The van der Waals surface area contributed by atoms with Gasteiger partial charge in [0, 0.05) is 25.9 Å². The first-order valence-corrected chi connectivity index (χ1v) is 5.91. The van der Waals surface area contributed by atoms with Crippen molar-refractivity contribution in [2.75, 3.05) is 13.2 Å². The van der Waals surface area contributed by atoms with Gasteiger partial charge < -0.3 is 4.74 Å². The van der Waals surface area contributed by atoms with Crippen LogP contribution in [-0.2, 0) is 18.2 Å². The van der Waals surface area contributed by atoms with Crippen molar-refractivity contribution in [1.82, 2.24) is 15.2 Å². The second-order valence-electron chi connectivity index (χ2n) is 4.18. The number of nitrogens with zero attached hydrogens (tertiary/aromatic N) is 2. The molecule has 1 rings (SSSR count). The van der Waals surface area contributed by atoms with E-state index in [1.807, 2.05) is 13.2 Å². The van der Waals surface area contributed by atoms with Crippen LogP contribution in [0.1, 0.15) is 18.4 Å². The molecular formula is C11H20F2N4O. The monoisotopic (exact) mass is 262 g/mol. The number of rotatable bonds is 9. The lowest BCUT2D eigenvalue weighted by Gasteiger charge is -2.15. The van der Waals surface area contributed by atoms with E-state index in [0.29, 0.717) is 6.42 Å². The summed E-state index contributed by atoms with van der Waals surface area (Å²) in [6.07, 6.45) is 3.62. The summed E-state index contributed by atoms with van der Waals surface area (Å²) in [5.74, 6) is 5.41. The largest absolute Gasteiger partial charge is 0.375 e. The highest BCUT2D eigenvalue weighted by Crippen LogP contribution is 2.06. The Morgan fingerprint density at radius 2 is 2.28 bits per heavy atom. The number of hydrazine groups is 1. The van der Waals surface area contributed by atoms with Crippen molar-refractivity contribution in [2.45, 2.75) is 31.7 Å². The van der Waals surface area contributed by atoms with Crippen LogP contribution in [0.5, 0.6) is 0 Å². The zero-order valence-corrected chi connectivity index (χ0v) is 10.5. The van der Waals surface area contributed by atoms with Crippen molar-refractivity contribution in [1.29, 1.82) is 0 Å². The highest BCUT2D eigenvalue weighted by atomic mass is 19.3. The third kappa shape index (κ3) is 6.04. The Kier molecular flexibility index (Phi) is 6.77. The van der Waals surface area contributed by atoms with Crippen molar-refractivity contribution in [2.24, 2.45) is 12.9 Å². The van der Waals surface area contributed by atoms with Crippen LogP contribution in [-0.4, -0.2) is 35.5 Å². The van der Waals surface area contributed by atoms with E-state index in [9.17, 15) is 8.78 Å². The molecule has 0 spiro atoms. The van der Waals surface area contributed by atoms with Gasteiger partial charge >= 0.3 is 0 Å². The fourth-order valence-electron chi connectivity index (χ4n) is 1.65. The summed E-state index contributed by atoms with van der Waals surface area (Å²) in [7, 11) is 1.86. The molecule has 0 fully saturated rings. The van der Waals surface area contributed by atoms with Gasteiger partial charge in [-0.05, 0) is 24.8 Å². The average molecular weight is 262 g/mol. The Morgan fingerprint density at radius 1 is 1.50 bits per heavy atom. The molecule has 0 bridgehead atoms. The molecule has 0 aliphatic rings. The third-order valence-electron chi connectivity index (χ3n) is 2.63. The molecule has 18 heavy (non-hydrogen) atoms. The number of hydrogen-bond donors (Lipinski definition) is 2. The standard InChI is InChI=1S/C11H20F2N4O/c1-17-7-9(6-15-17)2-3-10(16-14)4-5-18-8-11(12)13/h6-7,10-11,16H,2-5,8,14H2,1H3. The van der Waals surface area contributed by atoms with Crippen LogP contribution in [0.4, 0.5) is 8.78 Å². The number of nitrogens with two attached hydrogens (primary N) is 1. The summed E-state index contributed by atoms with van der Waals surface area (Å²) in [5.41, 5.74) is 3.80. The molecule has 0 aliphatic carbocycles. The number of alkyl halides is 2. The van der Waals surface area contributed by atoms with Crippen molar-refractivity contribution in [3.8, 4) is 0 Å².